The number of aromatic amines is 1. The largest absolute Gasteiger partial charge is 0.360 e. The van der Waals surface area contributed by atoms with E-state index in [0.717, 1.165) is 10.9 Å². The standard InChI is InChI=1S/C16H21N3O2/c1-4-19(5-2)16(21)11(3)18-15(20)13-10-17-14-9-7-6-8-12(13)14/h6-11,17H,4-5H2,1-3H3,(H,18,20). The molecule has 21 heavy (non-hydrogen) atoms. The third-order valence-electron chi connectivity index (χ3n) is 3.63. The maximum absolute atomic E-state index is 12.3. The zero-order valence-corrected chi connectivity index (χ0v) is 12.6. The van der Waals surface area contributed by atoms with E-state index in [-0.39, 0.29) is 11.8 Å². The molecule has 5 heteroatoms. The van der Waals surface area contributed by atoms with Crippen LogP contribution in [0, 0.1) is 0 Å². The van der Waals surface area contributed by atoms with Gasteiger partial charge in [-0.1, -0.05) is 18.2 Å². The summed E-state index contributed by atoms with van der Waals surface area (Å²) in [6.45, 7) is 6.85. The van der Waals surface area contributed by atoms with Crippen molar-refractivity contribution in [1.29, 1.82) is 0 Å². The summed E-state index contributed by atoms with van der Waals surface area (Å²) in [5, 5.41) is 3.63. The molecule has 112 valence electrons. The molecule has 2 aromatic rings. The minimum Gasteiger partial charge on any atom is -0.360 e. The Bertz CT molecular complexity index is 644. The van der Waals surface area contributed by atoms with Gasteiger partial charge >= 0.3 is 0 Å². The molecule has 0 aliphatic heterocycles. The summed E-state index contributed by atoms with van der Waals surface area (Å²) >= 11 is 0. The Morgan fingerprint density at radius 3 is 2.57 bits per heavy atom. The number of hydrogen-bond acceptors (Lipinski definition) is 2. The van der Waals surface area contributed by atoms with Crippen LogP contribution < -0.4 is 5.32 Å². The summed E-state index contributed by atoms with van der Waals surface area (Å²) in [6.07, 6.45) is 1.68. The van der Waals surface area contributed by atoms with Crippen LogP contribution in [0.2, 0.25) is 0 Å². The summed E-state index contributed by atoms with van der Waals surface area (Å²) < 4.78 is 0. The fourth-order valence-corrected chi connectivity index (χ4v) is 2.40. The number of carbonyl (C=O) groups excluding carboxylic acids is 2. The monoisotopic (exact) mass is 287 g/mol. The second-order valence-electron chi connectivity index (χ2n) is 4.95. The molecule has 2 N–H and O–H groups in total. The molecule has 1 atom stereocenters. The van der Waals surface area contributed by atoms with Gasteiger partial charge in [0.25, 0.3) is 5.91 Å². The first kappa shape index (κ1) is 15.1. The first-order chi connectivity index (χ1) is 10.1. The molecule has 1 aromatic carbocycles. The predicted octanol–water partition coefficient (Wildman–Crippen LogP) is 2.15. The number of carbonyl (C=O) groups is 2. The van der Waals surface area contributed by atoms with Gasteiger partial charge in [0.2, 0.25) is 5.91 Å². The Labute approximate surface area is 124 Å². The van der Waals surface area contributed by atoms with Crippen LogP contribution >= 0.6 is 0 Å². The van der Waals surface area contributed by atoms with Crippen LogP contribution in [0.25, 0.3) is 10.9 Å². The number of rotatable bonds is 5. The number of benzene rings is 1. The number of H-pyrrole nitrogens is 1. The van der Waals surface area contributed by atoms with Gasteiger partial charge in [-0.15, -0.1) is 0 Å². The Balaban J connectivity index is 2.12. The maximum atomic E-state index is 12.3. The lowest BCUT2D eigenvalue weighted by atomic mass is 10.1. The smallest absolute Gasteiger partial charge is 0.254 e. The molecular weight excluding hydrogens is 266 g/mol. The summed E-state index contributed by atoms with van der Waals surface area (Å²) in [4.78, 5) is 29.3. The van der Waals surface area contributed by atoms with Gasteiger partial charge in [0.1, 0.15) is 6.04 Å². The predicted molar refractivity (Wildman–Crippen MR) is 83.2 cm³/mol. The molecule has 5 nitrogen and oxygen atoms in total. The quantitative estimate of drug-likeness (QED) is 0.885. The van der Waals surface area contributed by atoms with E-state index in [1.54, 1.807) is 18.0 Å². The van der Waals surface area contributed by atoms with Crippen LogP contribution in [0.5, 0.6) is 0 Å². The van der Waals surface area contributed by atoms with Gasteiger partial charge in [-0.25, -0.2) is 0 Å². The summed E-state index contributed by atoms with van der Waals surface area (Å²) in [5.41, 5.74) is 1.47. The van der Waals surface area contributed by atoms with Crippen molar-refractivity contribution in [3.05, 3.63) is 36.0 Å². The lowest BCUT2D eigenvalue weighted by molar-refractivity contribution is -0.132. The Kier molecular flexibility index (Phi) is 4.62. The van der Waals surface area contributed by atoms with E-state index in [4.69, 9.17) is 0 Å². The van der Waals surface area contributed by atoms with Crippen molar-refractivity contribution in [2.24, 2.45) is 0 Å². The minimum atomic E-state index is -0.536. The van der Waals surface area contributed by atoms with Crippen LogP contribution in [0.4, 0.5) is 0 Å². The van der Waals surface area contributed by atoms with E-state index >= 15 is 0 Å². The average molecular weight is 287 g/mol. The number of likely N-dealkylation sites (N-methyl/N-ethyl adjacent to an activating group) is 1. The van der Waals surface area contributed by atoms with E-state index in [0.29, 0.717) is 18.7 Å². The van der Waals surface area contributed by atoms with Gasteiger partial charge in [0, 0.05) is 30.2 Å². The average Bonchev–Trinajstić information content (AvgIpc) is 2.92. The van der Waals surface area contributed by atoms with Crippen molar-refractivity contribution in [1.82, 2.24) is 15.2 Å². The van der Waals surface area contributed by atoms with Gasteiger partial charge in [-0.2, -0.15) is 0 Å². The second kappa shape index (κ2) is 6.43. The third-order valence-corrected chi connectivity index (χ3v) is 3.63. The fourth-order valence-electron chi connectivity index (χ4n) is 2.40. The first-order valence-electron chi connectivity index (χ1n) is 7.24. The molecule has 2 rings (SSSR count). The highest BCUT2D eigenvalue weighted by molar-refractivity contribution is 6.07. The highest BCUT2D eigenvalue weighted by Crippen LogP contribution is 2.17. The molecule has 0 saturated heterocycles. The highest BCUT2D eigenvalue weighted by Gasteiger charge is 2.21. The molecule has 1 aromatic heterocycles. The zero-order valence-electron chi connectivity index (χ0n) is 12.6. The van der Waals surface area contributed by atoms with Gasteiger partial charge in [0.15, 0.2) is 0 Å². The fraction of sp³-hybridized carbons (Fsp3) is 0.375. The van der Waals surface area contributed by atoms with E-state index in [2.05, 4.69) is 10.3 Å². The molecule has 1 unspecified atom stereocenters. The van der Waals surface area contributed by atoms with Crippen LogP contribution in [-0.4, -0.2) is 40.8 Å². The van der Waals surface area contributed by atoms with Crippen molar-refractivity contribution >= 4 is 22.7 Å². The second-order valence-corrected chi connectivity index (χ2v) is 4.95. The molecule has 0 spiro atoms. The lowest BCUT2D eigenvalue weighted by Crippen LogP contribution is -2.46. The molecule has 0 aliphatic carbocycles. The van der Waals surface area contributed by atoms with E-state index in [1.165, 1.54) is 0 Å². The van der Waals surface area contributed by atoms with Crippen molar-refractivity contribution < 1.29 is 9.59 Å². The molecule has 0 saturated carbocycles. The molecule has 1 heterocycles. The van der Waals surface area contributed by atoms with Crippen LogP contribution in [0.1, 0.15) is 31.1 Å². The number of nitrogens with one attached hydrogen (secondary N) is 2. The SMILES string of the molecule is CCN(CC)C(=O)C(C)NC(=O)c1c[nH]c2ccccc12. The minimum absolute atomic E-state index is 0.0619. The van der Waals surface area contributed by atoms with Crippen molar-refractivity contribution in [3.63, 3.8) is 0 Å². The van der Waals surface area contributed by atoms with E-state index < -0.39 is 6.04 Å². The van der Waals surface area contributed by atoms with Gasteiger partial charge < -0.3 is 15.2 Å². The van der Waals surface area contributed by atoms with Crippen molar-refractivity contribution in [2.45, 2.75) is 26.8 Å². The van der Waals surface area contributed by atoms with Crippen molar-refractivity contribution in [3.8, 4) is 0 Å². The number of hydrogen-bond donors (Lipinski definition) is 2. The molecular formula is C16H21N3O2. The zero-order chi connectivity index (χ0) is 15.4. The van der Waals surface area contributed by atoms with Crippen molar-refractivity contribution in [2.75, 3.05) is 13.1 Å². The highest BCUT2D eigenvalue weighted by atomic mass is 16.2. The number of aromatic nitrogens is 1. The summed E-state index contributed by atoms with van der Waals surface area (Å²) in [5.74, 6) is -0.298. The molecule has 0 fully saturated rings. The van der Waals surface area contributed by atoms with Crippen LogP contribution in [-0.2, 0) is 4.79 Å². The number of amides is 2. The topological polar surface area (TPSA) is 65.2 Å². The number of para-hydroxylation sites is 1. The van der Waals surface area contributed by atoms with Crippen LogP contribution in [0.15, 0.2) is 30.5 Å². The normalized spacial score (nSPS) is 12.1. The first-order valence-corrected chi connectivity index (χ1v) is 7.24. The van der Waals surface area contributed by atoms with Gasteiger partial charge in [0.05, 0.1) is 5.56 Å². The Morgan fingerprint density at radius 1 is 1.24 bits per heavy atom. The number of nitrogens with zero attached hydrogens (tertiary/aromatic N) is 1. The Morgan fingerprint density at radius 2 is 1.90 bits per heavy atom. The van der Waals surface area contributed by atoms with E-state index in [9.17, 15) is 9.59 Å². The van der Waals surface area contributed by atoms with Gasteiger partial charge in [-0.05, 0) is 26.8 Å². The lowest BCUT2D eigenvalue weighted by Gasteiger charge is -2.23. The number of fused-ring (bicyclic) bond motifs is 1. The summed E-state index contributed by atoms with van der Waals surface area (Å²) in [6, 6.07) is 7.06. The molecule has 0 bridgehead atoms. The summed E-state index contributed by atoms with van der Waals surface area (Å²) in [7, 11) is 0. The maximum Gasteiger partial charge on any atom is 0.254 e. The van der Waals surface area contributed by atoms with E-state index in [1.807, 2.05) is 38.1 Å². The third kappa shape index (κ3) is 3.07. The van der Waals surface area contributed by atoms with Gasteiger partial charge in [-0.3, -0.25) is 9.59 Å². The Hall–Kier alpha value is -2.30. The van der Waals surface area contributed by atoms with Crippen LogP contribution in [0.3, 0.4) is 0 Å². The molecule has 0 radical (unpaired) electrons. The molecule has 2 amide bonds. The molecule has 0 aliphatic rings.